The normalized spacial score (nSPS) is 12.2. The van der Waals surface area contributed by atoms with Gasteiger partial charge >= 0.3 is 0 Å². The van der Waals surface area contributed by atoms with Crippen LogP contribution in [-0.4, -0.2) is 5.04 Å². The number of aliphatic imine (C=N–C) groups is 1. The van der Waals surface area contributed by atoms with Crippen molar-refractivity contribution < 1.29 is 0 Å². The average molecular weight is 396 g/mol. The molecule has 0 saturated carbocycles. The first-order valence-corrected chi connectivity index (χ1v) is 10.2. The maximum atomic E-state index is 6.00. The van der Waals surface area contributed by atoms with E-state index in [9.17, 15) is 0 Å². The summed E-state index contributed by atoms with van der Waals surface area (Å²) in [5.74, 6) is 0. The van der Waals surface area contributed by atoms with Crippen molar-refractivity contribution in [3.05, 3.63) is 101 Å². The molecule has 26 heavy (non-hydrogen) atoms. The summed E-state index contributed by atoms with van der Waals surface area (Å²) in [6.45, 7) is 2.10. The molecule has 0 aliphatic carbocycles. The van der Waals surface area contributed by atoms with Crippen LogP contribution in [-0.2, 0) is 0 Å². The highest BCUT2D eigenvalue weighted by atomic mass is 35.5. The lowest BCUT2D eigenvalue weighted by Crippen LogP contribution is -1.94. The highest BCUT2D eigenvalue weighted by molar-refractivity contribution is 8.14. The van der Waals surface area contributed by atoms with Crippen molar-refractivity contribution in [2.75, 3.05) is 0 Å². The summed E-state index contributed by atoms with van der Waals surface area (Å²) in [6.07, 6.45) is 0. The predicted molar refractivity (Wildman–Crippen MR) is 117 cm³/mol. The summed E-state index contributed by atoms with van der Waals surface area (Å²) >= 11 is 9.35. The minimum Gasteiger partial charge on any atom is -0.241 e. The number of benzene rings is 3. The molecule has 0 heterocycles. The van der Waals surface area contributed by atoms with Gasteiger partial charge in [0.2, 0.25) is 0 Å². The van der Waals surface area contributed by atoms with Crippen LogP contribution in [0.25, 0.3) is 0 Å². The maximum absolute atomic E-state index is 6.00. The van der Waals surface area contributed by atoms with Crippen molar-refractivity contribution in [3.63, 3.8) is 0 Å². The molecule has 0 aromatic heterocycles. The second-order valence-corrected chi connectivity index (χ2v) is 7.98. The van der Waals surface area contributed by atoms with Gasteiger partial charge in [0.25, 0.3) is 0 Å². The SMILES string of the molecule is CC(=C\Sc1ccccc1)/C(=N/c1ccccc1)Sc1ccc(Cl)cc1. The zero-order valence-electron chi connectivity index (χ0n) is 14.3. The molecule has 0 aliphatic rings. The smallest absolute Gasteiger partial charge is 0.105 e. The van der Waals surface area contributed by atoms with Crippen LogP contribution in [0.15, 0.2) is 111 Å². The predicted octanol–water partition coefficient (Wildman–Crippen LogP) is 7.86. The van der Waals surface area contributed by atoms with Gasteiger partial charge in [-0.1, -0.05) is 71.5 Å². The van der Waals surface area contributed by atoms with Gasteiger partial charge in [-0.3, -0.25) is 0 Å². The molecule has 0 fully saturated rings. The van der Waals surface area contributed by atoms with E-state index in [-0.39, 0.29) is 0 Å². The van der Waals surface area contributed by atoms with Crippen LogP contribution in [0.4, 0.5) is 5.69 Å². The van der Waals surface area contributed by atoms with Crippen molar-refractivity contribution in [3.8, 4) is 0 Å². The number of hydrogen-bond acceptors (Lipinski definition) is 3. The van der Waals surface area contributed by atoms with Gasteiger partial charge in [-0.15, -0.1) is 0 Å². The molecule has 1 nitrogen and oxygen atoms in total. The van der Waals surface area contributed by atoms with E-state index < -0.39 is 0 Å². The van der Waals surface area contributed by atoms with Crippen molar-refractivity contribution in [2.24, 2.45) is 4.99 Å². The summed E-state index contributed by atoms with van der Waals surface area (Å²) in [4.78, 5) is 7.18. The fraction of sp³-hybridized carbons (Fsp3) is 0.0455. The molecule has 3 aromatic carbocycles. The first-order chi connectivity index (χ1) is 12.7. The lowest BCUT2D eigenvalue weighted by molar-refractivity contribution is 1.46. The molecule has 0 N–H and O–H groups in total. The third kappa shape index (κ3) is 5.80. The first-order valence-electron chi connectivity index (χ1n) is 8.17. The summed E-state index contributed by atoms with van der Waals surface area (Å²) in [7, 11) is 0. The van der Waals surface area contributed by atoms with Gasteiger partial charge in [-0.2, -0.15) is 0 Å². The van der Waals surface area contributed by atoms with Crippen LogP contribution in [0.1, 0.15) is 6.92 Å². The van der Waals surface area contributed by atoms with Gasteiger partial charge in [0, 0.05) is 14.8 Å². The van der Waals surface area contributed by atoms with E-state index in [0.29, 0.717) is 0 Å². The van der Waals surface area contributed by atoms with Crippen LogP contribution in [0.3, 0.4) is 0 Å². The Balaban J connectivity index is 1.86. The van der Waals surface area contributed by atoms with Crippen LogP contribution < -0.4 is 0 Å². The quantitative estimate of drug-likeness (QED) is 0.247. The number of nitrogens with zero attached hydrogens (tertiary/aromatic N) is 1. The van der Waals surface area contributed by atoms with Gasteiger partial charge in [0.05, 0.1) is 5.69 Å². The van der Waals surface area contributed by atoms with E-state index in [1.54, 1.807) is 23.5 Å². The molecule has 0 bridgehead atoms. The van der Waals surface area contributed by atoms with Gasteiger partial charge in [0.15, 0.2) is 0 Å². The summed E-state index contributed by atoms with van der Waals surface area (Å²) in [6, 6.07) is 28.2. The van der Waals surface area contributed by atoms with Crippen LogP contribution in [0.2, 0.25) is 5.02 Å². The molecule has 0 spiro atoms. The fourth-order valence-corrected chi connectivity index (χ4v) is 3.94. The molecular formula is C22H18ClNS2. The van der Waals surface area contributed by atoms with Gasteiger partial charge in [-0.05, 0) is 66.4 Å². The second kappa shape index (κ2) is 9.67. The maximum Gasteiger partial charge on any atom is 0.105 e. The third-order valence-electron chi connectivity index (χ3n) is 3.47. The zero-order valence-corrected chi connectivity index (χ0v) is 16.7. The van der Waals surface area contributed by atoms with E-state index in [1.165, 1.54) is 4.90 Å². The number of rotatable bonds is 5. The average Bonchev–Trinajstić information content (AvgIpc) is 2.69. The first kappa shape index (κ1) is 18.8. The minimum absolute atomic E-state index is 0.739. The zero-order chi connectivity index (χ0) is 18.2. The molecule has 0 amide bonds. The van der Waals surface area contributed by atoms with E-state index in [4.69, 9.17) is 16.6 Å². The van der Waals surface area contributed by atoms with Gasteiger partial charge in [-0.25, -0.2) is 4.99 Å². The molecule has 0 unspecified atom stereocenters. The number of halogens is 1. The van der Waals surface area contributed by atoms with Crippen LogP contribution >= 0.6 is 35.1 Å². The molecule has 0 radical (unpaired) electrons. The molecular weight excluding hydrogens is 378 g/mol. The molecule has 0 saturated heterocycles. The Morgan fingerprint density at radius 1 is 0.808 bits per heavy atom. The largest absolute Gasteiger partial charge is 0.241 e. The number of hydrogen-bond donors (Lipinski definition) is 0. The Morgan fingerprint density at radius 2 is 1.42 bits per heavy atom. The third-order valence-corrected chi connectivity index (χ3v) is 5.85. The minimum atomic E-state index is 0.739. The van der Waals surface area contributed by atoms with E-state index in [2.05, 4.69) is 24.5 Å². The fourth-order valence-electron chi connectivity index (χ4n) is 2.13. The molecule has 130 valence electrons. The Bertz CT molecular complexity index is 888. The van der Waals surface area contributed by atoms with Crippen molar-refractivity contribution in [1.82, 2.24) is 0 Å². The van der Waals surface area contributed by atoms with E-state index >= 15 is 0 Å². The Labute approximate surface area is 168 Å². The molecule has 0 aliphatic heterocycles. The summed E-state index contributed by atoms with van der Waals surface area (Å²) < 4.78 is 0. The van der Waals surface area contributed by atoms with E-state index in [1.807, 2.05) is 72.8 Å². The number of thioether (sulfide) groups is 2. The standard InChI is InChI=1S/C22H18ClNS2/c1-17(16-25-20-10-6-3-7-11-20)22(24-19-8-4-2-5-9-19)26-21-14-12-18(23)13-15-21/h2-16H,1H3/b17-16+,24-22-. The lowest BCUT2D eigenvalue weighted by atomic mass is 10.3. The Hall–Kier alpha value is -1.94. The Morgan fingerprint density at radius 3 is 2.08 bits per heavy atom. The molecule has 0 atom stereocenters. The molecule has 3 aromatic rings. The van der Waals surface area contributed by atoms with Gasteiger partial charge in [0.1, 0.15) is 5.04 Å². The van der Waals surface area contributed by atoms with Gasteiger partial charge < -0.3 is 0 Å². The van der Waals surface area contributed by atoms with Crippen LogP contribution in [0, 0.1) is 0 Å². The lowest BCUT2D eigenvalue weighted by Gasteiger charge is -2.08. The van der Waals surface area contributed by atoms with Crippen molar-refractivity contribution in [2.45, 2.75) is 16.7 Å². The highest BCUT2D eigenvalue weighted by Crippen LogP contribution is 2.29. The topological polar surface area (TPSA) is 12.4 Å². The van der Waals surface area contributed by atoms with E-state index in [0.717, 1.165) is 26.2 Å². The monoisotopic (exact) mass is 395 g/mol. The highest BCUT2D eigenvalue weighted by Gasteiger charge is 2.07. The van der Waals surface area contributed by atoms with Crippen molar-refractivity contribution >= 4 is 45.9 Å². The summed E-state index contributed by atoms with van der Waals surface area (Å²) in [5.41, 5.74) is 2.07. The number of para-hydroxylation sites is 1. The van der Waals surface area contributed by atoms with Crippen molar-refractivity contribution in [1.29, 1.82) is 0 Å². The van der Waals surface area contributed by atoms with Crippen LogP contribution in [0.5, 0.6) is 0 Å². The Kier molecular flexibility index (Phi) is 7.01. The second-order valence-electron chi connectivity index (χ2n) is 5.54. The molecule has 4 heteroatoms. The summed E-state index contributed by atoms with van der Waals surface area (Å²) in [5, 5.41) is 3.87. The molecule has 3 rings (SSSR count).